The van der Waals surface area contributed by atoms with Crippen LogP contribution >= 0.6 is 34.8 Å². The predicted molar refractivity (Wildman–Crippen MR) is 95.3 cm³/mol. The monoisotopic (exact) mass is 346 g/mol. The highest BCUT2D eigenvalue weighted by Crippen LogP contribution is 2.03. The SMILES string of the molecule is CC(C)=O.Cc1ccccc1.ClC(Cl)Cl.c1ccccc1. The lowest BCUT2D eigenvalue weighted by Gasteiger charge is -1.82. The van der Waals surface area contributed by atoms with Gasteiger partial charge in [0.15, 0.2) is 4.30 Å². The third kappa shape index (κ3) is 32.5. The van der Waals surface area contributed by atoms with E-state index in [2.05, 4.69) is 19.1 Å². The fraction of sp³-hybridized carbons (Fsp3) is 0.235. The van der Waals surface area contributed by atoms with Crippen molar-refractivity contribution in [1.82, 2.24) is 0 Å². The van der Waals surface area contributed by atoms with Crippen LogP contribution in [0.15, 0.2) is 66.7 Å². The number of alkyl halides is 3. The first-order chi connectivity index (χ1) is 9.86. The van der Waals surface area contributed by atoms with Crippen LogP contribution in [0.5, 0.6) is 0 Å². The van der Waals surface area contributed by atoms with Crippen molar-refractivity contribution in [3.05, 3.63) is 72.3 Å². The Balaban J connectivity index is 0. The summed E-state index contributed by atoms with van der Waals surface area (Å²) in [6, 6.07) is 22.3. The van der Waals surface area contributed by atoms with Gasteiger partial charge in [-0.25, -0.2) is 0 Å². The second-order valence-electron chi connectivity index (χ2n) is 3.97. The molecule has 0 bridgehead atoms. The molecule has 21 heavy (non-hydrogen) atoms. The van der Waals surface area contributed by atoms with Crippen LogP contribution in [0.2, 0.25) is 0 Å². The molecule has 1 nitrogen and oxygen atoms in total. The van der Waals surface area contributed by atoms with Crippen LogP contribution in [0.3, 0.4) is 0 Å². The lowest BCUT2D eigenvalue weighted by molar-refractivity contribution is -0.114. The second-order valence-corrected chi connectivity index (χ2v) is 5.94. The van der Waals surface area contributed by atoms with Gasteiger partial charge in [-0.3, -0.25) is 0 Å². The Morgan fingerprint density at radius 2 is 0.952 bits per heavy atom. The number of rotatable bonds is 0. The molecule has 2 aromatic carbocycles. The zero-order valence-electron chi connectivity index (χ0n) is 12.5. The molecule has 4 heteroatoms. The topological polar surface area (TPSA) is 17.1 Å². The summed E-state index contributed by atoms with van der Waals surface area (Å²) in [5.41, 5.74) is 1.32. The average molecular weight is 348 g/mol. The summed E-state index contributed by atoms with van der Waals surface area (Å²) in [4.78, 5) is 9.44. The smallest absolute Gasteiger partial charge is 0.180 e. The van der Waals surface area contributed by atoms with Crippen molar-refractivity contribution in [3.8, 4) is 0 Å². The van der Waals surface area contributed by atoms with Crippen molar-refractivity contribution < 1.29 is 4.79 Å². The van der Waals surface area contributed by atoms with Crippen molar-refractivity contribution in [1.29, 1.82) is 0 Å². The van der Waals surface area contributed by atoms with Crippen molar-refractivity contribution in [2.45, 2.75) is 25.1 Å². The Morgan fingerprint density at radius 3 is 1.10 bits per heavy atom. The average Bonchev–Trinajstić information content (AvgIpc) is 2.41. The van der Waals surface area contributed by atoms with E-state index in [1.165, 1.54) is 19.4 Å². The molecule has 0 aliphatic rings. The summed E-state index contributed by atoms with van der Waals surface area (Å²) in [7, 11) is 0. The fourth-order valence-corrected chi connectivity index (χ4v) is 0.919. The quantitative estimate of drug-likeness (QED) is 0.514. The van der Waals surface area contributed by atoms with E-state index in [0.29, 0.717) is 0 Å². The fourth-order valence-electron chi connectivity index (χ4n) is 0.919. The number of Topliss-reactive ketones (excluding diaryl/α,β-unsaturated/α-hetero) is 1. The molecule has 0 aliphatic carbocycles. The van der Waals surface area contributed by atoms with Crippen LogP contribution in [0.1, 0.15) is 19.4 Å². The third-order valence-electron chi connectivity index (χ3n) is 1.61. The zero-order valence-corrected chi connectivity index (χ0v) is 14.7. The molecule has 2 aromatic rings. The molecule has 0 aliphatic heterocycles. The second kappa shape index (κ2) is 17.0. The molecule has 116 valence electrons. The summed E-state index contributed by atoms with van der Waals surface area (Å²) < 4.78 is -0.750. The predicted octanol–water partition coefficient (Wildman–Crippen LogP) is 6.26. The minimum absolute atomic E-state index is 0.167. The minimum Gasteiger partial charge on any atom is -0.300 e. The van der Waals surface area contributed by atoms with E-state index in [4.69, 9.17) is 34.8 Å². The number of hydrogen-bond acceptors (Lipinski definition) is 1. The van der Waals surface area contributed by atoms with Crippen molar-refractivity contribution in [2.24, 2.45) is 0 Å². The summed E-state index contributed by atoms with van der Waals surface area (Å²) in [6.45, 7) is 5.14. The molecule has 0 N–H and O–H groups in total. The van der Waals surface area contributed by atoms with Gasteiger partial charge in [0.1, 0.15) is 5.78 Å². The van der Waals surface area contributed by atoms with Gasteiger partial charge in [-0.2, -0.15) is 0 Å². The van der Waals surface area contributed by atoms with Crippen LogP contribution in [0.25, 0.3) is 0 Å². The van der Waals surface area contributed by atoms with Gasteiger partial charge in [0, 0.05) is 0 Å². The summed E-state index contributed by atoms with van der Waals surface area (Å²) in [5.74, 6) is 0.167. The first kappa shape index (κ1) is 22.3. The first-order valence-corrected chi connectivity index (χ1v) is 7.58. The van der Waals surface area contributed by atoms with E-state index in [1.54, 1.807) is 0 Å². The van der Waals surface area contributed by atoms with Crippen molar-refractivity contribution in [3.63, 3.8) is 0 Å². The minimum atomic E-state index is -0.750. The van der Waals surface area contributed by atoms with Gasteiger partial charge in [-0.1, -0.05) is 107 Å². The number of aryl methyl sites for hydroxylation is 1. The lowest BCUT2D eigenvalue weighted by atomic mass is 10.2. The summed E-state index contributed by atoms with van der Waals surface area (Å²) >= 11 is 14.4. The van der Waals surface area contributed by atoms with Gasteiger partial charge in [0.2, 0.25) is 0 Å². The molecule has 0 amide bonds. The van der Waals surface area contributed by atoms with Crippen LogP contribution in [0.4, 0.5) is 0 Å². The normalized spacial score (nSPS) is 8.14. The largest absolute Gasteiger partial charge is 0.300 e. The third-order valence-corrected chi connectivity index (χ3v) is 1.61. The number of carbonyl (C=O) groups is 1. The Labute approximate surface area is 142 Å². The molecule has 0 unspecified atom stereocenters. The molecule has 2 rings (SSSR count). The van der Waals surface area contributed by atoms with E-state index in [0.717, 1.165) is 0 Å². The van der Waals surface area contributed by atoms with E-state index in [-0.39, 0.29) is 5.78 Å². The molecule has 0 aromatic heterocycles. The number of hydrogen-bond donors (Lipinski definition) is 0. The maximum atomic E-state index is 9.44. The van der Waals surface area contributed by atoms with Crippen LogP contribution in [-0.4, -0.2) is 10.1 Å². The number of benzene rings is 2. The first-order valence-electron chi connectivity index (χ1n) is 6.27. The van der Waals surface area contributed by atoms with Crippen LogP contribution < -0.4 is 0 Å². The van der Waals surface area contributed by atoms with Crippen molar-refractivity contribution >= 4 is 40.6 Å². The summed E-state index contributed by atoms with van der Waals surface area (Å²) in [5, 5.41) is 0. The molecule has 0 spiro atoms. The highest BCUT2D eigenvalue weighted by Gasteiger charge is 1.79. The molecule has 0 saturated heterocycles. The molecule has 0 fully saturated rings. The zero-order chi connectivity index (χ0) is 16.5. The molecule has 0 atom stereocenters. The lowest BCUT2D eigenvalue weighted by Crippen LogP contribution is -1.69. The van der Waals surface area contributed by atoms with E-state index in [9.17, 15) is 4.79 Å². The summed E-state index contributed by atoms with van der Waals surface area (Å²) in [6.07, 6.45) is 0. The molecule has 0 saturated carbocycles. The van der Waals surface area contributed by atoms with Gasteiger partial charge in [-0.05, 0) is 20.8 Å². The molecule has 0 radical (unpaired) electrons. The number of halogens is 3. The van der Waals surface area contributed by atoms with Gasteiger partial charge >= 0.3 is 0 Å². The van der Waals surface area contributed by atoms with Gasteiger partial charge in [0.25, 0.3) is 0 Å². The van der Waals surface area contributed by atoms with Crippen LogP contribution in [0, 0.1) is 6.92 Å². The van der Waals surface area contributed by atoms with Gasteiger partial charge < -0.3 is 4.79 Å². The Hall–Kier alpha value is -1.02. The highest BCUT2D eigenvalue weighted by atomic mass is 35.6. The van der Waals surface area contributed by atoms with E-state index < -0.39 is 4.30 Å². The van der Waals surface area contributed by atoms with Crippen LogP contribution in [-0.2, 0) is 4.79 Å². The number of carbonyl (C=O) groups excluding carboxylic acids is 1. The van der Waals surface area contributed by atoms with Gasteiger partial charge in [-0.15, -0.1) is 0 Å². The molecular weight excluding hydrogens is 327 g/mol. The molecular formula is C17H21Cl3O. The van der Waals surface area contributed by atoms with E-state index in [1.807, 2.05) is 54.6 Å². The maximum absolute atomic E-state index is 9.44. The van der Waals surface area contributed by atoms with Crippen molar-refractivity contribution in [2.75, 3.05) is 0 Å². The van der Waals surface area contributed by atoms with E-state index >= 15 is 0 Å². The standard InChI is InChI=1S/C7H8.C6H6.C3H6O.CHCl3/c1-7-5-3-2-4-6-7;1-2-4-6-5-3-1;1-3(2)4;2-1(3)4/h2-6H,1H3;1-6H;1-2H3;1H. The van der Waals surface area contributed by atoms with Gasteiger partial charge in [0.05, 0.1) is 0 Å². The Morgan fingerprint density at radius 1 is 0.762 bits per heavy atom. The molecule has 0 heterocycles. The Bertz CT molecular complexity index is 397. The maximum Gasteiger partial charge on any atom is 0.180 e. The highest BCUT2D eigenvalue weighted by molar-refractivity contribution is 6.63. The Kier molecular flexibility index (Phi) is 18.1. The number of ketones is 1.